The summed E-state index contributed by atoms with van der Waals surface area (Å²) in [5, 5.41) is 8.70. The summed E-state index contributed by atoms with van der Waals surface area (Å²) in [4.78, 5) is 14.6. The zero-order valence-corrected chi connectivity index (χ0v) is 15.8. The summed E-state index contributed by atoms with van der Waals surface area (Å²) in [7, 11) is 1.72. The lowest BCUT2D eigenvalue weighted by Crippen LogP contribution is -2.35. The maximum absolute atomic E-state index is 12.2. The zero-order valence-electron chi connectivity index (χ0n) is 15.8. The molecule has 0 radical (unpaired) electrons. The molecule has 0 aliphatic carbocycles. The Morgan fingerprint density at radius 3 is 2.85 bits per heavy atom. The summed E-state index contributed by atoms with van der Waals surface area (Å²) in [5.41, 5.74) is 1.89. The molecule has 3 heterocycles. The highest BCUT2D eigenvalue weighted by Crippen LogP contribution is 2.27. The van der Waals surface area contributed by atoms with Gasteiger partial charge in [0.05, 0.1) is 6.54 Å². The monoisotopic (exact) mass is 367 g/mol. The maximum atomic E-state index is 12.2. The molecule has 7 heteroatoms. The van der Waals surface area contributed by atoms with E-state index in [1.807, 2.05) is 43.3 Å². The van der Waals surface area contributed by atoms with E-state index in [-0.39, 0.29) is 11.6 Å². The first-order valence-electron chi connectivity index (χ1n) is 9.52. The van der Waals surface area contributed by atoms with Crippen molar-refractivity contribution in [3.8, 4) is 11.3 Å². The second kappa shape index (κ2) is 7.52. The van der Waals surface area contributed by atoms with Crippen molar-refractivity contribution in [2.24, 2.45) is 7.05 Å². The average molecular weight is 367 g/mol. The molecule has 2 aromatic heterocycles. The van der Waals surface area contributed by atoms with Crippen molar-refractivity contribution in [2.75, 3.05) is 13.1 Å². The molecule has 1 fully saturated rings. The van der Waals surface area contributed by atoms with Crippen molar-refractivity contribution in [3.63, 3.8) is 0 Å². The van der Waals surface area contributed by atoms with Crippen LogP contribution in [-0.4, -0.2) is 37.5 Å². The van der Waals surface area contributed by atoms with Crippen LogP contribution in [0.1, 0.15) is 37.3 Å². The van der Waals surface area contributed by atoms with Crippen molar-refractivity contribution in [2.45, 2.75) is 38.8 Å². The molecule has 0 N–H and O–H groups in total. The van der Waals surface area contributed by atoms with Gasteiger partial charge in [0.2, 0.25) is 0 Å². The Bertz CT molecular complexity index is 956. The van der Waals surface area contributed by atoms with Gasteiger partial charge in [0.25, 0.3) is 0 Å². The highest BCUT2D eigenvalue weighted by atomic mass is 16.5. The average Bonchev–Trinajstić information content (AvgIpc) is 3.27. The minimum absolute atomic E-state index is 0.0349. The number of aromatic nitrogens is 4. The largest absolute Gasteiger partial charge is 0.359 e. The van der Waals surface area contributed by atoms with E-state index >= 15 is 0 Å². The first kappa shape index (κ1) is 17.7. The quantitative estimate of drug-likeness (QED) is 0.693. The topological polar surface area (TPSA) is 69.1 Å². The molecule has 0 spiro atoms. The molecule has 1 aromatic carbocycles. The summed E-state index contributed by atoms with van der Waals surface area (Å²) >= 11 is 0. The van der Waals surface area contributed by atoms with Crippen LogP contribution in [0, 0.1) is 0 Å². The molecule has 0 bridgehead atoms. The number of aryl methyl sites for hydroxylation is 1. The van der Waals surface area contributed by atoms with Gasteiger partial charge >= 0.3 is 5.69 Å². The van der Waals surface area contributed by atoms with Crippen LogP contribution < -0.4 is 5.69 Å². The molecular weight excluding hydrogens is 342 g/mol. The third-order valence-corrected chi connectivity index (χ3v) is 5.23. The first-order valence-corrected chi connectivity index (χ1v) is 9.52. The molecule has 4 rings (SSSR count). The Kier molecular flexibility index (Phi) is 4.94. The third-order valence-electron chi connectivity index (χ3n) is 5.23. The Morgan fingerprint density at radius 2 is 2.07 bits per heavy atom. The molecule has 0 saturated carbocycles. The number of hydrogen-bond acceptors (Lipinski definition) is 5. The number of piperidine rings is 1. The summed E-state index contributed by atoms with van der Waals surface area (Å²) in [5.74, 6) is 2.03. The van der Waals surface area contributed by atoms with Gasteiger partial charge < -0.3 is 4.52 Å². The molecule has 1 saturated heterocycles. The highest BCUT2D eigenvalue weighted by Gasteiger charge is 2.27. The minimum Gasteiger partial charge on any atom is -0.359 e. The van der Waals surface area contributed by atoms with Crippen molar-refractivity contribution >= 4 is 0 Å². The summed E-state index contributed by atoms with van der Waals surface area (Å²) in [6, 6.07) is 12.1. The third kappa shape index (κ3) is 3.60. The van der Waals surface area contributed by atoms with Gasteiger partial charge in [-0.15, -0.1) is 0 Å². The van der Waals surface area contributed by atoms with E-state index in [1.165, 1.54) is 4.68 Å². The van der Waals surface area contributed by atoms with Crippen LogP contribution in [0.3, 0.4) is 0 Å². The van der Waals surface area contributed by atoms with Crippen LogP contribution in [0.4, 0.5) is 0 Å². The fourth-order valence-electron chi connectivity index (χ4n) is 3.89. The van der Waals surface area contributed by atoms with Crippen LogP contribution in [0.5, 0.6) is 0 Å². The second-order valence-corrected chi connectivity index (χ2v) is 7.13. The minimum atomic E-state index is -0.0349. The lowest BCUT2D eigenvalue weighted by molar-refractivity contribution is 0.175. The predicted molar refractivity (Wildman–Crippen MR) is 102 cm³/mol. The Morgan fingerprint density at radius 1 is 1.26 bits per heavy atom. The van der Waals surface area contributed by atoms with Crippen molar-refractivity contribution in [1.29, 1.82) is 0 Å². The molecule has 7 nitrogen and oxygen atoms in total. The molecule has 1 aliphatic heterocycles. The number of rotatable bonds is 5. The Balaban J connectivity index is 1.47. The van der Waals surface area contributed by atoms with Crippen molar-refractivity contribution in [1.82, 2.24) is 24.4 Å². The molecule has 3 aromatic rings. The predicted octanol–water partition coefficient (Wildman–Crippen LogP) is 2.64. The van der Waals surface area contributed by atoms with Crippen molar-refractivity contribution in [3.05, 3.63) is 58.5 Å². The van der Waals surface area contributed by atoms with E-state index in [9.17, 15) is 4.79 Å². The number of benzene rings is 1. The van der Waals surface area contributed by atoms with Gasteiger partial charge in [0.1, 0.15) is 11.5 Å². The van der Waals surface area contributed by atoms with E-state index in [1.54, 1.807) is 11.6 Å². The van der Waals surface area contributed by atoms with Crippen LogP contribution in [0.25, 0.3) is 11.3 Å². The Hall–Kier alpha value is -2.67. The summed E-state index contributed by atoms with van der Waals surface area (Å²) < 4.78 is 8.80. The molecule has 27 heavy (non-hydrogen) atoms. The lowest BCUT2D eigenvalue weighted by atomic mass is 9.97. The van der Waals surface area contributed by atoms with Gasteiger partial charge in [-0.05, 0) is 26.3 Å². The lowest BCUT2D eigenvalue weighted by Gasteiger charge is -2.31. The first-order chi connectivity index (χ1) is 13.2. The second-order valence-electron chi connectivity index (χ2n) is 7.13. The van der Waals surface area contributed by atoms with Crippen LogP contribution in [-0.2, 0) is 20.1 Å². The van der Waals surface area contributed by atoms with Gasteiger partial charge in [-0.25, -0.2) is 9.48 Å². The standard InChI is InChI=1S/C20H25N5O2/c1-3-25-19(21-23(2)20(25)26)16-10-7-11-24(13-16)14-17-12-18(22-27-17)15-8-5-4-6-9-15/h4-6,8-9,12,16H,3,7,10-11,13-14H2,1-2H3/t16-/m1/s1. The molecule has 142 valence electrons. The van der Waals surface area contributed by atoms with Crippen LogP contribution in [0.2, 0.25) is 0 Å². The van der Waals surface area contributed by atoms with Crippen LogP contribution in [0.15, 0.2) is 45.7 Å². The molecule has 0 unspecified atom stereocenters. The van der Waals surface area contributed by atoms with Gasteiger partial charge in [-0.3, -0.25) is 9.47 Å². The number of likely N-dealkylation sites (tertiary alicyclic amines) is 1. The van der Waals surface area contributed by atoms with Gasteiger partial charge in [0.15, 0.2) is 5.76 Å². The summed E-state index contributed by atoms with van der Waals surface area (Å²) in [6.45, 7) is 5.26. The molecule has 1 aliphatic rings. The fourth-order valence-corrected chi connectivity index (χ4v) is 3.89. The zero-order chi connectivity index (χ0) is 18.8. The number of nitrogens with zero attached hydrogens (tertiary/aromatic N) is 5. The van der Waals surface area contributed by atoms with E-state index in [0.29, 0.717) is 6.54 Å². The van der Waals surface area contributed by atoms with E-state index in [2.05, 4.69) is 15.2 Å². The van der Waals surface area contributed by atoms with Crippen LogP contribution >= 0.6 is 0 Å². The molecule has 0 amide bonds. The smallest absolute Gasteiger partial charge is 0.345 e. The highest BCUT2D eigenvalue weighted by molar-refractivity contribution is 5.58. The summed E-state index contributed by atoms with van der Waals surface area (Å²) in [6.07, 6.45) is 2.14. The van der Waals surface area contributed by atoms with Crippen molar-refractivity contribution < 1.29 is 4.52 Å². The number of hydrogen-bond donors (Lipinski definition) is 0. The molecular formula is C20H25N5O2. The SMILES string of the molecule is CCn1c([C@@H]2CCCN(Cc3cc(-c4ccccc4)no3)C2)nn(C)c1=O. The Labute approximate surface area is 158 Å². The van der Waals surface area contributed by atoms with E-state index in [4.69, 9.17) is 4.52 Å². The van der Waals surface area contributed by atoms with E-state index in [0.717, 1.165) is 55.3 Å². The van der Waals surface area contributed by atoms with E-state index < -0.39 is 0 Å². The maximum Gasteiger partial charge on any atom is 0.345 e. The fraction of sp³-hybridized carbons (Fsp3) is 0.450. The molecule has 1 atom stereocenters. The normalized spacial score (nSPS) is 18.1. The van der Waals surface area contributed by atoms with Gasteiger partial charge in [-0.1, -0.05) is 35.5 Å². The van der Waals surface area contributed by atoms with Gasteiger partial charge in [-0.2, -0.15) is 5.10 Å². The van der Waals surface area contributed by atoms with Gasteiger partial charge in [0, 0.05) is 37.7 Å².